The lowest BCUT2D eigenvalue weighted by molar-refractivity contribution is 0.782. The molecule has 6 nitrogen and oxygen atoms in total. The highest BCUT2D eigenvalue weighted by molar-refractivity contribution is 9.10. The minimum Gasteiger partial charge on any atom is -0.372 e. The van der Waals surface area contributed by atoms with Gasteiger partial charge in [-0.2, -0.15) is 5.10 Å². The number of rotatable bonds is 4. The molecule has 1 N–H and O–H groups in total. The number of fused-ring (bicyclic) bond motifs is 1. The second kappa shape index (κ2) is 5.98. The molecule has 3 aromatic heterocycles. The topological polar surface area (TPSA) is 68.5 Å². The summed E-state index contributed by atoms with van der Waals surface area (Å²) in [5.41, 5.74) is 0.824. The minimum absolute atomic E-state index is 0.644. The van der Waals surface area contributed by atoms with Gasteiger partial charge in [-0.25, -0.2) is 15.0 Å². The molecule has 0 aliphatic rings. The van der Waals surface area contributed by atoms with Crippen molar-refractivity contribution in [3.63, 3.8) is 0 Å². The predicted octanol–water partition coefficient (Wildman–Crippen LogP) is 2.85. The van der Waals surface area contributed by atoms with Gasteiger partial charge in [0, 0.05) is 24.8 Å². The zero-order valence-corrected chi connectivity index (χ0v) is 13.9. The molecule has 0 fully saturated rings. The average molecular weight is 365 g/mol. The summed E-state index contributed by atoms with van der Waals surface area (Å²) in [6, 6.07) is 3.87. The number of anilines is 1. The molecule has 0 spiro atoms. The van der Waals surface area contributed by atoms with E-state index in [1.807, 2.05) is 26.2 Å². The van der Waals surface area contributed by atoms with Crippen molar-refractivity contribution in [1.29, 1.82) is 0 Å². The molecule has 0 saturated carbocycles. The SMILES string of the molecule is CNc1nc(CSc2ncccc2Br)nc2c1cnn2C. The summed E-state index contributed by atoms with van der Waals surface area (Å²) in [5, 5.41) is 9.17. The van der Waals surface area contributed by atoms with Crippen molar-refractivity contribution in [2.24, 2.45) is 7.05 Å². The van der Waals surface area contributed by atoms with Gasteiger partial charge in [-0.1, -0.05) is 11.8 Å². The number of hydrogen-bond donors (Lipinski definition) is 1. The van der Waals surface area contributed by atoms with E-state index in [-0.39, 0.29) is 0 Å². The summed E-state index contributed by atoms with van der Waals surface area (Å²) in [5.74, 6) is 2.19. The van der Waals surface area contributed by atoms with Crippen molar-refractivity contribution >= 4 is 44.5 Å². The molecule has 0 amide bonds. The first kappa shape index (κ1) is 14.3. The van der Waals surface area contributed by atoms with Gasteiger partial charge in [0.2, 0.25) is 0 Å². The van der Waals surface area contributed by atoms with Gasteiger partial charge in [0.05, 0.1) is 17.3 Å². The second-order valence-corrected chi connectivity index (χ2v) is 6.14. The van der Waals surface area contributed by atoms with Crippen LogP contribution >= 0.6 is 27.7 Å². The van der Waals surface area contributed by atoms with Gasteiger partial charge in [-0.3, -0.25) is 4.68 Å². The predicted molar refractivity (Wildman–Crippen MR) is 87.3 cm³/mol. The zero-order chi connectivity index (χ0) is 14.8. The van der Waals surface area contributed by atoms with Crippen LogP contribution in [0, 0.1) is 0 Å². The van der Waals surface area contributed by atoms with E-state index in [4.69, 9.17) is 0 Å². The highest BCUT2D eigenvalue weighted by atomic mass is 79.9. The Balaban J connectivity index is 1.90. The average Bonchev–Trinajstić information content (AvgIpc) is 2.87. The first-order valence-electron chi connectivity index (χ1n) is 6.28. The van der Waals surface area contributed by atoms with E-state index in [2.05, 4.69) is 41.3 Å². The van der Waals surface area contributed by atoms with E-state index in [9.17, 15) is 0 Å². The summed E-state index contributed by atoms with van der Waals surface area (Å²) >= 11 is 5.09. The van der Waals surface area contributed by atoms with Crippen LogP contribution < -0.4 is 5.32 Å². The van der Waals surface area contributed by atoms with Crippen LogP contribution in [0.25, 0.3) is 11.0 Å². The molecule has 3 rings (SSSR count). The smallest absolute Gasteiger partial charge is 0.163 e. The maximum atomic E-state index is 4.57. The number of thioether (sulfide) groups is 1. The van der Waals surface area contributed by atoms with Crippen molar-refractivity contribution < 1.29 is 0 Å². The van der Waals surface area contributed by atoms with Crippen LogP contribution in [0.2, 0.25) is 0 Å². The number of halogens is 1. The summed E-state index contributed by atoms with van der Waals surface area (Å²) in [6.07, 6.45) is 3.55. The van der Waals surface area contributed by atoms with E-state index >= 15 is 0 Å². The molecular weight excluding hydrogens is 352 g/mol. The molecule has 0 atom stereocenters. The third-order valence-corrected chi connectivity index (χ3v) is 4.84. The number of nitrogens with zero attached hydrogens (tertiary/aromatic N) is 5. The van der Waals surface area contributed by atoms with Crippen LogP contribution in [-0.4, -0.2) is 31.8 Å². The Kier molecular flexibility index (Phi) is 4.07. The molecule has 0 aliphatic carbocycles. The highest BCUT2D eigenvalue weighted by Crippen LogP contribution is 2.28. The van der Waals surface area contributed by atoms with Crippen molar-refractivity contribution in [2.45, 2.75) is 10.8 Å². The molecule has 0 radical (unpaired) electrons. The standard InChI is InChI=1S/C13H13BrN6S/c1-15-11-8-6-17-20(2)12(8)19-10(18-11)7-21-13-9(14)4-3-5-16-13/h3-6H,7H2,1-2H3,(H,15,18,19). The maximum absolute atomic E-state index is 4.57. The fourth-order valence-corrected chi connectivity index (χ4v) is 3.27. The molecule has 0 bridgehead atoms. The Morgan fingerprint density at radius 3 is 3.00 bits per heavy atom. The van der Waals surface area contributed by atoms with Crippen LogP contribution in [0.3, 0.4) is 0 Å². The first-order chi connectivity index (χ1) is 10.2. The molecule has 8 heteroatoms. The van der Waals surface area contributed by atoms with Crippen LogP contribution in [0.1, 0.15) is 5.82 Å². The largest absolute Gasteiger partial charge is 0.372 e. The van der Waals surface area contributed by atoms with Crippen LogP contribution in [0.4, 0.5) is 5.82 Å². The third kappa shape index (κ3) is 2.86. The van der Waals surface area contributed by atoms with Gasteiger partial charge in [-0.05, 0) is 28.1 Å². The fraction of sp³-hybridized carbons (Fsp3) is 0.231. The molecule has 0 unspecified atom stereocenters. The first-order valence-corrected chi connectivity index (χ1v) is 8.06. The van der Waals surface area contributed by atoms with E-state index in [0.717, 1.165) is 32.2 Å². The molecular formula is C13H13BrN6S. The molecule has 3 heterocycles. The number of aromatic nitrogens is 5. The quantitative estimate of drug-likeness (QED) is 0.717. The maximum Gasteiger partial charge on any atom is 0.163 e. The van der Waals surface area contributed by atoms with E-state index in [1.54, 1.807) is 28.8 Å². The monoisotopic (exact) mass is 364 g/mol. The van der Waals surface area contributed by atoms with Gasteiger partial charge < -0.3 is 5.32 Å². The van der Waals surface area contributed by atoms with E-state index in [1.165, 1.54) is 0 Å². The summed E-state index contributed by atoms with van der Waals surface area (Å²) in [4.78, 5) is 13.4. The zero-order valence-electron chi connectivity index (χ0n) is 11.5. The Morgan fingerprint density at radius 1 is 1.38 bits per heavy atom. The van der Waals surface area contributed by atoms with Gasteiger partial charge in [0.15, 0.2) is 5.65 Å². The van der Waals surface area contributed by atoms with Crippen molar-refractivity contribution in [2.75, 3.05) is 12.4 Å². The van der Waals surface area contributed by atoms with Crippen molar-refractivity contribution in [3.8, 4) is 0 Å². The number of hydrogen-bond acceptors (Lipinski definition) is 6. The molecule has 0 aromatic carbocycles. The number of pyridine rings is 1. The lowest BCUT2D eigenvalue weighted by Crippen LogP contribution is -2.02. The Hall–Kier alpha value is -1.67. The number of nitrogens with one attached hydrogen (secondary N) is 1. The van der Waals surface area contributed by atoms with Gasteiger partial charge in [0.25, 0.3) is 0 Å². The fourth-order valence-electron chi connectivity index (χ4n) is 1.93. The van der Waals surface area contributed by atoms with Crippen LogP contribution in [0.15, 0.2) is 34.0 Å². The molecule has 21 heavy (non-hydrogen) atoms. The van der Waals surface area contributed by atoms with Crippen LogP contribution in [0.5, 0.6) is 0 Å². The highest BCUT2D eigenvalue weighted by Gasteiger charge is 2.11. The normalized spacial score (nSPS) is 11.0. The Morgan fingerprint density at radius 2 is 2.24 bits per heavy atom. The van der Waals surface area contributed by atoms with E-state index < -0.39 is 0 Å². The van der Waals surface area contributed by atoms with Gasteiger partial charge in [-0.15, -0.1) is 0 Å². The van der Waals surface area contributed by atoms with Crippen LogP contribution in [-0.2, 0) is 12.8 Å². The van der Waals surface area contributed by atoms with Gasteiger partial charge >= 0.3 is 0 Å². The Bertz CT molecular complexity index is 787. The third-order valence-electron chi connectivity index (χ3n) is 2.94. The van der Waals surface area contributed by atoms with Crippen molar-refractivity contribution in [1.82, 2.24) is 24.7 Å². The molecule has 3 aromatic rings. The van der Waals surface area contributed by atoms with E-state index in [0.29, 0.717) is 5.75 Å². The molecule has 0 aliphatic heterocycles. The summed E-state index contributed by atoms with van der Waals surface area (Å²) in [6.45, 7) is 0. The lowest BCUT2D eigenvalue weighted by Gasteiger charge is -2.06. The summed E-state index contributed by atoms with van der Waals surface area (Å²) in [7, 11) is 3.72. The summed E-state index contributed by atoms with van der Waals surface area (Å²) < 4.78 is 2.73. The minimum atomic E-state index is 0.644. The molecule has 0 saturated heterocycles. The Labute approximate surface area is 134 Å². The lowest BCUT2D eigenvalue weighted by atomic mass is 10.4. The van der Waals surface area contributed by atoms with Gasteiger partial charge in [0.1, 0.15) is 16.7 Å². The number of aryl methyl sites for hydroxylation is 1. The molecule has 108 valence electrons. The second-order valence-electron chi connectivity index (χ2n) is 4.32. The van der Waals surface area contributed by atoms with Crippen molar-refractivity contribution in [3.05, 3.63) is 34.8 Å².